The number of benzene rings is 3. The molecule has 6 unspecified atom stereocenters. The van der Waals surface area contributed by atoms with Gasteiger partial charge in [0.15, 0.2) is 0 Å². The Bertz CT molecular complexity index is 1860. The molecule has 1 saturated carbocycles. The second kappa shape index (κ2) is 12.9. The number of carboxylic acid groups (broad SMARTS) is 1. The van der Waals surface area contributed by atoms with Crippen LogP contribution in [0.25, 0.3) is 0 Å². The number of nitrogens with zero attached hydrogens (tertiary/aromatic N) is 2. The molecule has 2 heterocycles. The van der Waals surface area contributed by atoms with Crippen molar-refractivity contribution >= 4 is 46.9 Å². The number of amides is 4. The van der Waals surface area contributed by atoms with Gasteiger partial charge in [-0.2, -0.15) is 0 Å². The SMILES string of the molecule is O=C(O)CCCN1C(=O)C2CC=C3C(CC4C(=O)N(c5cccc(Cl)c5)C(=O)C4(c4ccccc4)C3c3ccc(OCCO)cc3)C2C1=O. The van der Waals surface area contributed by atoms with Gasteiger partial charge in [-0.1, -0.05) is 71.8 Å². The molecule has 4 aliphatic rings. The fraction of sp³-hybridized carbons (Fsp3) is 0.342. The van der Waals surface area contributed by atoms with Gasteiger partial charge in [0.05, 0.1) is 35.5 Å². The minimum Gasteiger partial charge on any atom is -0.491 e. The van der Waals surface area contributed by atoms with E-state index in [2.05, 4.69) is 0 Å². The zero-order valence-corrected chi connectivity index (χ0v) is 27.3. The molecule has 3 aromatic rings. The topological polar surface area (TPSA) is 142 Å². The van der Waals surface area contributed by atoms with E-state index < -0.39 is 52.8 Å². The molecule has 252 valence electrons. The number of likely N-dealkylation sites (tertiary alicyclic amines) is 1. The number of aliphatic hydroxyl groups excluding tert-OH is 1. The molecule has 2 saturated heterocycles. The average Bonchev–Trinajstić information content (AvgIpc) is 3.48. The monoisotopic (exact) mass is 682 g/mol. The molecule has 7 rings (SSSR count). The third-order valence-electron chi connectivity index (χ3n) is 10.6. The van der Waals surface area contributed by atoms with Crippen LogP contribution in [0.4, 0.5) is 5.69 Å². The lowest BCUT2D eigenvalue weighted by Gasteiger charge is -2.50. The predicted molar refractivity (Wildman–Crippen MR) is 179 cm³/mol. The zero-order chi connectivity index (χ0) is 34.4. The number of fused-ring (bicyclic) bond motifs is 4. The number of carbonyl (C=O) groups excluding carboxylic acids is 4. The second-order valence-corrected chi connectivity index (χ2v) is 13.5. The lowest BCUT2D eigenvalue weighted by atomic mass is 9.49. The summed E-state index contributed by atoms with van der Waals surface area (Å²) in [5.74, 6) is -5.45. The number of rotatable bonds is 10. The van der Waals surface area contributed by atoms with Gasteiger partial charge in [0, 0.05) is 23.9 Å². The van der Waals surface area contributed by atoms with Crippen LogP contribution in [-0.2, 0) is 29.4 Å². The van der Waals surface area contributed by atoms with E-state index in [4.69, 9.17) is 21.4 Å². The Morgan fingerprint density at radius 1 is 0.918 bits per heavy atom. The fourth-order valence-corrected chi connectivity index (χ4v) is 8.90. The van der Waals surface area contributed by atoms with Gasteiger partial charge in [-0.15, -0.1) is 0 Å². The minimum atomic E-state index is -1.39. The summed E-state index contributed by atoms with van der Waals surface area (Å²) >= 11 is 6.36. The highest BCUT2D eigenvalue weighted by atomic mass is 35.5. The van der Waals surface area contributed by atoms with E-state index in [0.717, 1.165) is 11.1 Å². The number of anilines is 1. The number of allylic oxidation sites excluding steroid dienone is 2. The molecule has 3 aromatic carbocycles. The van der Waals surface area contributed by atoms with E-state index in [1.807, 2.05) is 48.5 Å². The van der Waals surface area contributed by atoms with Crippen molar-refractivity contribution in [2.75, 3.05) is 24.7 Å². The van der Waals surface area contributed by atoms with Crippen molar-refractivity contribution < 1.29 is 38.9 Å². The van der Waals surface area contributed by atoms with E-state index >= 15 is 4.79 Å². The number of hydrogen-bond acceptors (Lipinski definition) is 7. The quantitative estimate of drug-likeness (QED) is 0.231. The summed E-state index contributed by atoms with van der Waals surface area (Å²) in [5, 5.41) is 18.8. The summed E-state index contributed by atoms with van der Waals surface area (Å²) in [6.45, 7) is -0.0405. The number of aliphatic carboxylic acids is 1. The summed E-state index contributed by atoms with van der Waals surface area (Å²) < 4.78 is 5.64. The highest BCUT2D eigenvalue weighted by Gasteiger charge is 2.70. The van der Waals surface area contributed by atoms with Gasteiger partial charge in [-0.25, -0.2) is 4.90 Å². The number of carboxylic acids is 1. The maximum Gasteiger partial charge on any atom is 0.303 e. The van der Waals surface area contributed by atoms with Gasteiger partial charge >= 0.3 is 5.97 Å². The van der Waals surface area contributed by atoms with E-state index in [0.29, 0.717) is 22.0 Å². The molecule has 6 atom stereocenters. The van der Waals surface area contributed by atoms with Crippen molar-refractivity contribution in [1.82, 2.24) is 4.90 Å². The fourth-order valence-electron chi connectivity index (χ4n) is 8.71. The van der Waals surface area contributed by atoms with E-state index in [-0.39, 0.29) is 57.3 Å². The highest BCUT2D eigenvalue weighted by Crippen LogP contribution is 2.64. The Morgan fingerprint density at radius 3 is 2.37 bits per heavy atom. The van der Waals surface area contributed by atoms with Crippen LogP contribution in [0.1, 0.15) is 42.7 Å². The molecule has 2 aliphatic heterocycles. The third-order valence-corrected chi connectivity index (χ3v) is 10.8. The Hall–Kier alpha value is -4.80. The summed E-state index contributed by atoms with van der Waals surface area (Å²) in [6, 6.07) is 23.1. The smallest absolute Gasteiger partial charge is 0.303 e. The Labute approximate surface area is 287 Å². The molecule has 4 amide bonds. The van der Waals surface area contributed by atoms with E-state index in [1.165, 1.54) is 9.80 Å². The Morgan fingerprint density at radius 2 is 1.67 bits per heavy atom. The minimum absolute atomic E-state index is 0.00902. The van der Waals surface area contributed by atoms with Gasteiger partial charge in [-0.05, 0) is 66.6 Å². The standard InChI is InChI=1S/C38H35ClN2O8/c39-24-8-4-9-25(20-24)41-35(46)30-21-29-27(15-16-28-32(29)36(47)40(34(28)45)17-5-10-31(43)44)33(22-11-13-26(14-12-22)49-19-18-42)38(30,37(41)48)23-6-2-1-3-7-23/h1-4,6-9,11-15,20,28-30,32-33,42H,5,10,16-19,21H2,(H,43,44). The number of hydrogen-bond donors (Lipinski definition) is 2. The first kappa shape index (κ1) is 32.7. The Kier molecular flexibility index (Phi) is 8.62. The van der Waals surface area contributed by atoms with Crippen LogP contribution in [0.5, 0.6) is 5.75 Å². The number of ether oxygens (including phenoxy) is 1. The number of halogens is 1. The molecule has 3 fully saturated rings. The lowest BCUT2D eigenvalue weighted by Crippen LogP contribution is -2.53. The molecule has 0 aromatic heterocycles. The molecule has 0 radical (unpaired) electrons. The van der Waals surface area contributed by atoms with Crippen molar-refractivity contribution in [3.05, 3.63) is 107 Å². The molecular weight excluding hydrogens is 648 g/mol. The molecule has 2 N–H and O–H groups in total. The normalized spacial score (nSPS) is 27.5. The van der Waals surface area contributed by atoms with Gasteiger partial charge in [0.25, 0.3) is 0 Å². The van der Waals surface area contributed by atoms with Crippen molar-refractivity contribution in [2.45, 2.75) is 37.0 Å². The first-order valence-corrected chi connectivity index (χ1v) is 16.9. The van der Waals surface area contributed by atoms with Crippen molar-refractivity contribution in [2.24, 2.45) is 23.7 Å². The van der Waals surface area contributed by atoms with Crippen LogP contribution in [0.3, 0.4) is 0 Å². The molecule has 2 aliphatic carbocycles. The third kappa shape index (κ3) is 5.25. The van der Waals surface area contributed by atoms with E-state index in [1.54, 1.807) is 36.4 Å². The maximum absolute atomic E-state index is 15.2. The molecule has 49 heavy (non-hydrogen) atoms. The second-order valence-electron chi connectivity index (χ2n) is 13.1. The van der Waals surface area contributed by atoms with Crippen LogP contribution in [0.2, 0.25) is 5.02 Å². The molecule has 10 nitrogen and oxygen atoms in total. The summed E-state index contributed by atoms with van der Waals surface area (Å²) in [5.41, 5.74) is 1.19. The first-order valence-electron chi connectivity index (χ1n) is 16.5. The summed E-state index contributed by atoms with van der Waals surface area (Å²) in [7, 11) is 0. The average molecular weight is 683 g/mol. The number of imide groups is 2. The Balaban J connectivity index is 1.40. The van der Waals surface area contributed by atoms with Crippen molar-refractivity contribution in [3.63, 3.8) is 0 Å². The van der Waals surface area contributed by atoms with Crippen molar-refractivity contribution in [3.8, 4) is 5.75 Å². The van der Waals surface area contributed by atoms with Crippen LogP contribution in [0, 0.1) is 23.7 Å². The maximum atomic E-state index is 15.2. The van der Waals surface area contributed by atoms with E-state index in [9.17, 15) is 24.3 Å². The number of carbonyl (C=O) groups is 5. The van der Waals surface area contributed by atoms with Gasteiger partial charge in [0.2, 0.25) is 23.6 Å². The van der Waals surface area contributed by atoms with Crippen LogP contribution < -0.4 is 9.64 Å². The van der Waals surface area contributed by atoms with Crippen molar-refractivity contribution in [1.29, 1.82) is 0 Å². The summed E-state index contributed by atoms with van der Waals surface area (Å²) in [4.78, 5) is 71.3. The highest BCUT2D eigenvalue weighted by molar-refractivity contribution is 6.32. The molecule has 11 heteroatoms. The van der Waals surface area contributed by atoms with Crippen LogP contribution in [-0.4, -0.2) is 64.5 Å². The number of aliphatic hydroxyl groups is 1. The molecule has 0 bridgehead atoms. The largest absolute Gasteiger partial charge is 0.491 e. The first-order chi connectivity index (χ1) is 23.7. The molecule has 0 spiro atoms. The predicted octanol–water partition coefficient (Wildman–Crippen LogP) is 4.74. The van der Waals surface area contributed by atoms with Crippen LogP contribution >= 0.6 is 11.6 Å². The lowest BCUT2D eigenvalue weighted by molar-refractivity contribution is -0.142. The van der Waals surface area contributed by atoms with Gasteiger partial charge in [0.1, 0.15) is 12.4 Å². The summed E-state index contributed by atoms with van der Waals surface area (Å²) in [6.07, 6.45) is 2.41. The van der Waals surface area contributed by atoms with Gasteiger partial charge in [-0.3, -0.25) is 28.9 Å². The van der Waals surface area contributed by atoms with Crippen LogP contribution in [0.15, 0.2) is 90.5 Å². The van der Waals surface area contributed by atoms with Gasteiger partial charge < -0.3 is 14.9 Å². The zero-order valence-electron chi connectivity index (χ0n) is 26.5. The molecular formula is C38H35ClN2O8.